The van der Waals surface area contributed by atoms with E-state index in [1.165, 1.54) is 0 Å². The molecule has 0 bridgehead atoms. The number of hydrogen-bond acceptors (Lipinski definition) is 7. The molecule has 0 atom stereocenters. The Morgan fingerprint density at radius 1 is 1.30 bits per heavy atom. The van der Waals surface area contributed by atoms with Crippen LogP contribution in [-0.4, -0.2) is 27.3 Å². The zero-order chi connectivity index (χ0) is 14.6. The first-order valence-electron chi connectivity index (χ1n) is 6.65. The molecule has 0 amide bonds. The lowest BCUT2D eigenvalue weighted by Gasteiger charge is -2.18. The third-order valence-electron chi connectivity index (χ3n) is 2.56. The van der Waals surface area contributed by atoms with Crippen molar-refractivity contribution in [2.24, 2.45) is 0 Å². The van der Waals surface area contributed by atoms with Crippen LogP contribution in [-0.2, 0) is 13.0 Å². The summed E-state index contributed by atoms with van der Waals surface area (Å²) in [5.41, 5.74) is 1.12. The molecule has 110 valence electrons. The van der Waals surface area contributed by atoms with E-state index in [9.17, 15) is 0 Å². The van der Waals surface area contributed by atoms with Gasteiger partial charge in [0.15, 0.2) is 0 Å². The van der Waals surface area contributed by atoms with Gasteiger partial charge in [0.25, 0.3) is 0 Å². The van der Waals surface area contributed by atoms with E-state index >= 15 is 0 Å². The lowest BCUT2D eigenvalue weighted by Crippen LogP contribution is -2.35. The highest BCUT2D eigenvalue weighted by molar-refractivity contribution is 7.09. The minimum absolute atomic E-state index is 0.0323. The standard InChI is InChI=1S/C13H21N5OS/c1-9-16-10(8-20-9)5-6-14-12-18-17-11(19-12)7-15-13(2,3)4/h8,15H,5-7H2,1-4H3,(H,14,18). The third-order valence-corrected chi connectivity index (χ3v) is 3.38. The van der Waals surface area contributed by atoms with Gasteiger partial charge in [-0.3, -0.25) is 0 Å². The first kappa shape index (κ1) is 14.9. The second kappa shape index (κ2) is 6.32. The van der Waals surface area contributed by atoms with Gasteiger partial charge in [0.1, 0.15) is 0 Å². The predicted molar refractivity (Wildman–Crippen MR) is 79.9 cm³/mol. The van der Waals surface area contributed by atoms with Crippen molar-refractivity contribution in [3.05, 3.63) is 22.0 Å². The van der Waals surface area contributed by atoms with E-state index in [4.69, 9.17) is 4.42 Å². The Kier molecular flexibility index (Phi) is 4.72. The van der Waals surface area contributed by atoms with E-state index in [1.54, 1.807) is 11.3 Å². The molecule has 0 fully saturated rings. The topological polar surface area (TPSA) is 75.9 Å². The molecule has 0 aliphatic rings. The molecule has 2 aromatic rings. The van der Waals surface area contributed by atoms with Crippen LogP contribution in [0.1, 0.15) is 37.4 Å². The first-order valence-corrected chi connectivity index (χ1v) is 7.53. The summed E-state index contributed by atoms with van der Waals surface area (Å²) in [6.45, 7) is 9.60. The molecule has 0 aliphatic heterocycles. The molecule has 20 heavy (non-hydrogen) atoms. The number of hydrogen-bond donors (Lipinski definition) is 2. The highest BCUT2D eigenvalue weighted by Gasteiger charge is 2.12. The number of aromatic nitrogens is 3. The maximum atomic E-state index is 5.51. The molecule has 0 spiro atoms. The summed E-state index contributed by atoms with van der Waals surface area (Å²) in [6.07, 6.45) is 0.849. The summed E-state index contributed by atoms with van der Waals surface area (Å²) in [5, 5.41) is 17.5. The van der Waals surface area contributed by atoms with E-state index in [-0.39, 0.29) is 5.54 Å². The second-order valence-corrected chi connectivity index (χ2v) is 6.70. The molecule has 2 heterocycles. The van der Waals surface area contributed by atoms with Crippen LogP contribution in [0.25, 0.3) is 0 Å². The van der Waals surface area contributed by atoms with Crippen molar-refractivity contribution in [3.63, 3.8) is 0 Å². The number of aryl methyl sites for hydroxylation is 1. The monoisotopic (exact) mass is 295 g/mol. The molecule has 0 aliphatic carbocycles. The first-order chi connectivity index (χ1) is 9.42. The summed E-state index contributed by atoms with van der Waals surface area (Å²) >= 11 is 1.67. The Morgan fingerprint density at radius 3 is 2.75 bits per heavy atom. The molecule has 0 unspecified atom stereocenters. The summed E-state index contributed by atoms with van der Waals surface area (Å²) in [5.74, 6) is 0.590. The fourth-order valence-electron chi connectivity index (χ4n) is 1.56. The molecule has 2 aromatic heterocycles. The smallest absolute Gasteiger partial charge is 0.315 e. The quantitative estimate of drug-likeness (QED) is 0.852. The zero-order valence-electron chi connectivity index (χ0n) is 12.4. The van der Waals surface area contributed by atoms with Crippen LogP contribution in [0.5, 0.6) is 0 Å². The van der Waals surface area contributed by atoms with Crippen molar-refractivity contribution in [2.75, 3.05) is 11.9 Å². The zero-order valence-corrected chi connectivity index (χ0v) is 13.2. The molecule has 2 rings (SSSR count). The minimum atomic E-state index is 0.0323. The molecule has 7 heteroatoms. The number of anilines is 1. The van der Waals surface area contributed by atoms with Gasteiger partial charge in [0, 0.05) is 23.9 Å². The third kappa shape index (κ3) is 4.90. The van der Waals surface area contributed by atoms with Crippen molar-refractivity contribution in [3.8, 4) is 0 Å². The lowest BCUT2D eigenvalue weighted by atomic mass is 10.1. The summed E-state index contributed by atoms with van der Waals surface area (Å²) in [4.78, 5) is 4.41. The van der Waals surface area contributed by atoms with Crippen LogP contribution in [0, 0.1) is 6.92 Å². The van der Waals surface area contributed by atoms with Gasteiger partial charge in [-0.05, 0) is 27.7 Å². The summed E-state index contributed by atoms with van der Waals surface area (Å²) in [7, 11) is 0. The molecular formula is C13H21N5OS. The van der Waals surface area contributed by atoms with Crippen molar-refractivity contribution in [1.29, 1.82) is 0 Å². The van der Waals surface area contributed by atoms with E-state index in [2.05, 4.69) is 52.0 Å². The van der Waals surface area contributed by atoms with Gasteiger partial charge >= 0.3 is 6.01 Å². The van der Waals surface area contributed by atoms with Crippen molar-refractivity contribution < 1.29 is 4.42 Å². The fraction of sp³-hybridized carbons (Fsp3) is 0.615. The Morgan fingerprint density at radius 2 is 2.10 bits per heavy atom. The normalized spacial score (nSPS) is 11.8. The molecule has 0 saturated carbocycles. The molecule has 6 nitrogen and oxygen atoms in total. The largest absolute Gasteiger partial charge is 0.407 e. The average molecular weight is 295 g/mol. The van der Waals surface area contributed by atoms with E-state index in [1.807, 2.05) is 6.92 Å². The number of thiazole rings is 1. The maximum Gasteiger partial charge on any atom is 0.315 e. The number of nitrogens with zero attached hydrogens (tertiary/aromatic N) is 3. The number of rotatable bonds is 6. The molecule has 0 saturated heterocycles. The second-order valence-electron chi connectivity index (χ2n) is 5.64. The van der Waals surface area contributed by atoms with Crippen LogP contribution in [0.3, 0.4) is 0 Å². The van der Waals surface area contributed by atoms with Gasteiger partial charge < -0.3 is 15.1 Å². The Bertz CT molecular complexity index is 543. The molecule has 0 radical (unpaired) electrons. The van der Waals surface area contributed by atoms with Gasteiger partial charge in [-0.15, -0.1) is 16.4 Å². The van der Waals surface area contributed by atoms with Crippen LogP contribution in [0.15, 0.2) is 9.80 Å². The van der Waals surface area contributed by atoms with Gasteiger partial charge in [-0.2, -0.15) is 0 Å². The van der Waals surface area contributed by atoms with Crippen molar-refractivity contribution in [1.82, 2.24) is 20.5 Å². The Balaban J connectivity index is 1.75. The fourth-order valence-corrected chi connectivity index (χ4v) is 2.20. The van der Waals surface area contributed by atoms with Crippen LogP contribution in [0.4, 0.5) is 6.01 Å². The van der Waals surface area contributed by atoms with Crippen LogP contribution in [0.2, 0.25) is 0 Å². The summed E-state index contributed by atoms with van der Waals surface area (Å²) in [6, 6.07) is 0.461. The van der Waals surface area contributed by atoms with E-state index < -0.39 is 0 Å². The van der Waals surface area contributed by atoms with Crippen LogP contribution < -0.4 is 10.6 Å². The lowest BCUT2D eigenvalue weighted by molar-refractivity contribution is 0.383. The minimum Gasteiger partial charge on any atom is -0.407 e. The van der Waals surface area contributed by atoms with Crippen molar-refractivity contribution >= 4 is 17.4 Å². The summed E-state index contributed by atoms with van der Waals surface area (Å²) < 4.78 is 5.51. The predicted octanol–water partition coefficient (Wildman–Crippen LogP) is 2.38. The van der Waals surface area contributed by atoms with Gasteiger partial charge in [0.05, 0.1) is 17.2 Å². The highest BCUT2D eigenvalue weighted by Crippen LogP contribution is 2.10. The maximum absolute atomic E-state index is 5.51. The number of nitrogens with one attached hydrogen (secondary N) is 2. The van der Waals surface area contributed by atoms with Gasteiger partial charge in [0.2, 0.25) is 5.89 Å². The van der Waals surface area contributed by atoms with E-state index in [0.29, 0.717) is 18.5 Å². The SMILES string of the molecule is Cc1nc(CCNc2nnc(CNC(C)(C)C)o2)cs1. The van der Waals surface area contributed by atoms with Gasteiger partial charge in [-0.25, -0.2) is 4.98 Å². The Hall–Kier alpha value is -1.47. The molecule has 0 aromatic carbocycles. The average Bonchev–Trinajstić information content (AvgIpc) is 2.95. The van der Waals surface area contributed by atoms with Gasteiger partial charge in [-0.1, -0.05) is 5.10 Å². The van der Waals surface area contributed by atoms with Crippen LogP contribution >= 0.6 is 11.3 Å². The van der Waals surface area contributed by atoms with E-state index in [0.717, 1.165) is 23.7 Å². The highest BCUT2D eigenvalue weighted by atomic mass is 32.1. The molecular weight excluding hydrogens is 274 g/mol. The Labute approximate surface area is 123 Å². The van der Waals surface area contributed by atoms with Crippen molar-refractivity contribution in [2.45, 2.75) is 46.2 Å². The molecule has 2 N–H and O–H groups in total.